The quantitative estimate of drug-likeness (QED) is 0.340. The number of hydrogen-bond donors (Lipinski definition) is 3. The molecule has 110 valence electrons. The summed E-state index contributed by atoms with van der Waals surface area (Å²) in [6.07, 6.45) is 0.438. The Balaban J connectivity index is 2.27. The molecular weight excluding hydrogens is 262 g/mol. The molecule has 0 spiro atoms. The van der Waals surface area contributed by atoms with Crippen LogP contribution in [0.15, 0.2) is 53.7 Å². The molecule has 2 rings (SSSR count). The molecular formula is C17H21N3O. The lowest BCUT2D eigenvalue weighted by Crippen LogP contribution is -2.21. The number of benzene rings is 2. The lowest BCUT2D eigenvalue weighted by atomic mass is 10.0. The molecule has 0 aliphatic carbocycles. The van der Waals surface area contributed by atoms with Gasteiger partial charge in [-0.2, -0.15) is 0 Å². The minimum absolute atomic E-state index is 0.0384. The van der Waals surface area contributed by atoms with Crippen molar-refractivity contribution in [3.05, 3.63) is 65.2 Å². The van der Waals surface area contributed by atoms with Crippen LogP contribution in [0.25, 0.3) is 0 Å². The maximum absolute atomic E-state index is 8.82. The Morgan fingerprint density at radius 1 is 1.19 bits per heavy atom. The van der Waals surface area contributed by atoms with Gasteiger partial charge in [-0.25, -0.2) is 0 Å². The van der Waals surface area contributed by atoms with Crippen LogP contribution in [0, 0.1) is 13.8 Å². The number of nitrogens with one attached hydrogen (secondary N) is 1. The Morgan fingerprint density at radius 3 is 2.52 bits per heavy atom. The summed E-state index contributed by atoms with van der Waals surface area (Å²) in [6.45, 7) is 4.14. The molecule has 0 aromatic heterocycles. The fraction of sp³-hybridized carbons (Fsp3) is 0.235. The van der Waals surface area contributed by atoms with Crippen LogP contribution in [-0.2, 0) is 0 Å². The van der Waals surface area contributed by atoms with Crippen LogP contribution in [0.4, 0.5) is 5.69 Å². The SMILES string of the molecule is Cc1ccc(NC(CC(N)=NO)c2ccccc2)c(C)c1. The van der Waals surface area contributed by atoms with E-state index < -0.39 is 0 Å². The first-order chi connectivity index (χ1) is 10.1. The van der Waals surface area contributed by atoms with E-state index in [1.54, 1.807) is 0 Å². The molecule has 0 bridgehead atoms. The Kier molecular flexibility index (Phi) is 4.82. The molecule has 2 aromatic carbocycles. The third kappa shape index (κ3) is 3.99. The van der Waals surface area contributed by atoms with Crippen molar-refractivity contribution in [1.29, 1.82) is 0 Å². The van der Waals surface area contributed by atoms with E-state index in [4.69, 9.17) is 10.9 Å². The van der Waals surface area contributed by atoms with Crippen LogP contribution >= 0.6 is 0 Å². The second-order valence-electron chi connectivity index (χ2n) is 5.22. The van der Waals surface area contributed by atoms with Gasteiger partial charge < -0.3 is 16.3 Å². The molecule has 4 N–H and O–H groups in total. The van der Waals surface area contributed by atoms with Gasteiger partial charge in [0.15, 0.2) is 0 Å². The normalized spacial score (nSPS) is 13.0. The molecule has 21 heavy (non-hydrogen) atoms. The van der Waals surface area contributed by atoms with Gasteiger partial charge in [-0.15, -0.1) is 0 Å². The Morgan fingerprint density at radius 2 is 1.90 bits per heavy atom. The first-order valence-corrected chi connectivity index (χ1v) is 6.95. The summed E-state index contributed by atoms with van der Waals surface area (Å²) < 4.78 is 0. The van der Waals surface area contributed by atoms with Crippen molar-refractivity contribution < 1.29 is 5.21 Å². The average Bonchev–Trinajstić information content (AvgIpc) is 2.49. The van der Waals surface area contributed by atoms with E-state index >= 15 is 0 Å². The highest BCUT2D eigenvalue weighted by molar-refractivity contribution is 5.81. The summed E-state index contributed by atoms with van der Waals surface area (Å²) in [6, 6.07) is 16.2. The molecule has 4 heteroatoms. The molecule has 0 radical (unpaired) electrons. The Labute approximate surface area is 125 Å². The van der Waals surface area contributed by atoms with Crippen molar-refractivity contribution >= 4 is 11.5 Å². The van der Waals surface area contributed by atoms with Crippen LogP contribution < -0.4 is 11.1 Å². The van der Waals surface area contributed by atoms with Gasteiger partial charge >= 0.3 is 0 Å². The minimum Gasteiger partial charge on any atom is -0.409 e. The molecule has 0 saturated carbocycles. The zero-order chi connectivity index (χ0) is 15.2. The highest BCUT2D eigenvalue weighted by atomic mass is 16.4. The van der Waals surface area contributed by atoms with Crippen molar-refractivity contribution in [1.82, 2.24) is 0 Å². The second-order valence-corrected chi connectivity index (χ2v) is 5.22. The molecule has 0 heterocycles. The summed E-state index contributed by atoms with van der Waals surface area (Å²) in [5.74, 6) is 0.209. The van der Waals surface area contributed by atoms with Gasteiger partial charge in [-0.05, 0) is 31.0 Å². The number of amidine groups is 1. The predicted molar refractivity (Wildman–Crippen MR) is 86.7 cm³/mol. The summed E-state index contributed by atoms with van der Waals surface area (Å²) in [4.78, 5) is 0. The van der Waals surface area contributed by atoms with Crippen LogP contribution in [-0.4, -0.2) is 11.0 Å². The molecule has 1 atom stereocenters. The van der Waals surface area contributed by atoms with E-state index in [0.29, 0.717) is 6.42 Å². The molecule has 0 aliphatic heterocycles. The fourth-order valence-electron chi connectivity index (χ4n) is 2.35. The van der Waals surface area contributed by atoms with Gasteiger partial charge in [0.1, 0.15) is 5.84 Å². The molecule has 4 nitrogen and oxygen atoms in total. The van der Waals surface area contributed by atoms with Crippen molar-refractivity contribution in [2.75, 3.05) is 5.32 Å². The average molecular weight is 283 g/mol. The highest BCUT2D eigenvalue weighted by Gasteiger charge is 2.14. The lowest BCUT2D eigenvalue weighted by Gasteiger charge is -2.21. The first-order valence-electron chi connectivity index (χ1n) is 6.95. The third-order valence-corrected chi connectivity index (χ3v) is 3.46. The predicted octanol–water partition coefficient (Wildman–Crippen LogP) is 3.59. The number of anilines is 1. The van der Waals surface area contributed by atoms with Crippen LogP contribution in [0.1, 0.15) is 29.2 Å². The zero-order valence-corrected chi connectivity index (χ0v) is 12.4. The van der Waals surface area contributed by atoms with E-state index in [-0.39, 0.29) is 11.9 Å². The lowest BCUT2D eigenvalue weighted by molar-refractivity contribution is 0.316. The van der Waals surface area contributed by atoms with Gasteiger partial charge in [0.25, 0.3) is 0 Å². The van der Waals surface area contributed by atoms with Crippen LogP contribution in [0.3, 0.4) is 0 Å². The monoisotopic (exact) mass is 283 g/mol. The number of rotatable bonds is 5. The third-order valence-electron chi connectivity index (χ3n) is 3.46. The summed E-state index contributed by atoms with van der Waals surface area (Å²) in [7, 11) is 0. The fourth-order valence-corrected chi connectivity index (χ4v) is 2.35. The minimum atomic E-state index is -0.0384. The van der Waals surface area contributed by atoms with E-state index in [1.165, 1.54) is 11.1 Å². The van der Waals surface area contributed by atoms with Crippen molar-refractivity contribution in [2.24, 2.45) is 10.9 Å². The van der Waals surface area contributed by atoms with Crippen molar-refractivity contribution in [3.63, 3.8) is 0 Å². The van der Waals surface area contributed by atoms with Gasteiger partial charge in [-0.1, -0.05) is 53.2 Å². The van der Waals surface area contributed by atoms with Gasteiger partial charge in [-0.3, -0.25) is 0 Å². The van der Waals surface area contributed by atoms with Crippen molar-refractivity contribution in [3.8, 4) is 0 Å². The van der Waals surface area contributed by atoms with Crippen LogP contribution in [0.5, 0.6) is 0 Å². The van der Waals surface area contributed by atoms with E-state index in [9.17, 15) is 0 Å². The highest BCUT2D eigenvalue weighted by Crippen LogP contribution is 2.25. The summed E-state index contributed by atoms with van der Waals surface area (Å²) in [5.41, 5.74) is 10.2. The molecule has 1 unspecified atom stereocenters. The van der Waals surface area contributed by atoms with Gasteiger partial charge in [0.05, 0.1) is 6.04 Å². The molecule has 0 amide bonds. The largest absolute Gasteiger partial charge is 0.409 e. The van der Waals surface area contributed by atoms with E-state index in [0.717, 1.165) is 11.3 Å². The Hall–Kier alpha value is -2.49. The maximum atomic E-state index is 8.82. The van der Waals surface area contributed by atoms with Gasteiger partial charge in [0.2, 0.25) is 0 Å². The van der Waals surface area contributed by atoms with Crippen LogP contribution in [0.2, 0.25) is 0 Å². The second kappa shape index (κ2) is 6.79. The number of oxime groups is 1. The standard InChI is InChI=1S/C17H21N3O/c1-12-8-9-15(13(2)10-12)19-16(11-17(18)20-21)14-6-4-3-5-7-14/h3-10,16,19,21H,11H2,1-2H3,(H2,18,20). The first kappa shape index (κ1) is 14.9. The number of hydrogen-bond acceptors (Lipinski definition) is 3. The maximum Gasteiger partial charge on any atom is 0.141 e. The molecule has 2 aromatic rings. The molecule has 0 fully saturated rings. The topological polar surface area (TPSA) is 70.6 Å². The smallest absolute Gasteiger partial charge is 0.141 e. The number of aryl methyl sites for hydroxylation is 2. The number of nitrogens with zero attached hydrogens (tertiary/aromatic N) is 1. The van der Waals surface area contributed by atoms with E-state index in [2.05, 4.69) is 42.5 Å². The van der Waals surface area contributed by atoms with E-state index in [1.807, 2.05) is 30.3 Å². The van der Waals surface area contributed by atoms with Gasteiger partial charge in [0, 0.05) is 12.1 Å². The van der Waals surface area contributed by atoms with Crippen molar-refractivity contribution in [2.45, 2.75) is 26.3 Å². The summed E-state index contributed by atoms with van der Waals surface area (Å²) >= 11 is 0. The Bertz CT molecular complexity index is 623. The molecule has 0 aliphatic rings. The zero-order valence-electron chi connectivity index (χ0n) is 12.4. The summed E-state index contributed by atoms with van der Waals surface area (Å²) in [5, 5.41) is 15.4. The number of nitrogens with two attached hydrogens (primary N) is 1. The molecule has 0 saturated heterocycles.